The lowest BCUT2D eigenvalue weighted by atomic mass is 10.6. The Hall–Kier alpha value is -0.570. The van der Waals surface area contributed by atoms with Crippen LogP contribution in [0, 0.1) is 6.92 Å². The first-order valence-electron chi connectivity index (χ1n) is 2.90. The zero-order chi connectivity index (χ0) is 7.28. The van der Waals surface area contributed by atoms with Crippen LogP contribution in [-0.4, -0.2) is 10.1 Å². The average Bonchev–Trinajstić information content (AvgIpc) is 2.23. The molecule has 1 rings (SSSR count). The summed E-state index contributed by atoms with van der Waals surface area (Å²) in [5.74, 6) is 0. The Bertz CT molecular complexity index is 145. The maximum absolute atomic E-state index is 8.72. The van der Waals surface area contributed by atoms with E-state index in [0.717, 1.165) is 0 Å². The monoisotopic (exact) mass is 145 g/mol. The minimum atomic E-state index is 0.319. The molecule has 2 nitrogen and oxygen atoms in total. The highest BCUT2D eigenvalue weighted by atomic mass is 32.1. The van der Waals surface area contributed by atoms with E-state index in [1.165, 1.54) is 11.3 Å². The lowest BCUT2D eigenvalue weighted by molar-refractivity contribution is 0.485. The molecule has 0 aliphatic rings. The van der Waals surface area contributed by atoms with Crippen molar-refractivity contribution >= 4 is 11.3 Å². The number of rotatable bonds is 0. The van der Waals surface area contributed by atoms with Crippen molar-refractivity contribution < 1.29 is 5.11 Å². The van der Waals surface area contributed by atoms with Crippen LogP contribution in [0.1, 0.15) is 19.5 Å². The zero-order valence-electron chi connectivity index (χ0n) is 5.88. The van der Waals surface area contributed by atoms with E-state index in [9.17, 15) is 0 Å². The quantitative estimate of drug-likeness (QED) is 0.607. The van der Waals surface area contributed by atoms with Crippen LogP contribution in [0.15, 0.2) is 5.51 Å². The number of aromatic hydroxyl groups is 1. The van der Waals surface area contributed by atoms with Crippen LogP contribution in [0.2, 0.25) is 0 Å². The van der Waals surface area contributed by atoms with Crippen LogP contribution >= 0.6 is 11.3 Å². The molecule has 0 saturated carbocycles. The van der Waals surface area contributed by atoms with Gasteiger partial charge in [0.25, 0.3) is 0 Å². The molecular formula is C6H11NOS. The predicted molar refractivity (Wildman–Crippen MR) is 39.9 cm³/mol. The van der Waals surface area contributed by atoms with Gasteiger partial charge in [-0.15, -0.1) is 0 Å². The molecule has 0 aliphatic heterocycles. The summed E-state index contributed by atoms with van der Waals surface area (Å²) in [6, 6.07) is 0. The third-order valence-corrected chi connectivity index (χ3v) is 1.45. The Balaban J connectivity index is 0.000000291. The molecule has 1 heterocycles. The molecule has 0 radical (unpaired) electrons. The molecule has 0 unspecified atom stereocenters. The van der Waals surface area contributed by atoms with Crippen molar-refractivity contribution in [2.24, 2.45) is 0 Å². The summed E-state index contributed by atoms with van der Waals surface area (Å²) >= 11 is 1.25. The van der Waals surface area contributed by atoms with Crippen molar-refractivity contribution in [2.45, 2.75) is 20.8 Å². The molecular weight excluding hydrogens is 134 g/mol. The summed E-state index contributed by atoms with van der Waals surface area (Å²) in [5.41, 5.74) is 2.33. The highest BCUT2D eigenvalue weighted by Crippen LogP contribution is 2.18. The number of hydrogen-bond donors (Lipinski definition) is 1. The zero-order valence-corrected chi connectivity index (χ0v) is 6.70. The van der Waals surface area contributed by atoms with Crippen LogP contribution in [0.25, 0.3) is 0 Å². The van der Waals surface area contributed by atoms with Gasteiger partial charge in [0, 0.05) is 0 Å². The van der Waals surface area contributed by atoms with Crippen LogP contribution in [0.4, 0.5) is 0 Å². The average molecular weight is 145 g/mol. The largest absolute Gasteiger partial charge is 0.498 e. The Labute approximate surface area is 59.2 Å². The lowest BCUT2D eigenvalue weighted by Crippen LogP contribution is -1.63. The Kier molecular flexibility index (Phi) is 4.05. The van der Waals surface area contributed by atoms with Gasteiger partial charge in [0.2, 0.25) is 0 Å². The lowest BCUT2D eigenvalue weighted by Gasteiger charge is -1.77. The molecule has 1 aromatic heterocycles. The van der Waals surface area contributed by atoms with E-state index in [1.807, 2.05) is 13.8 Å². The predicted octanol–water partition coefficient (Wildman–Crippen LogP) is 2.18. The molecule has 1 aromatic rings. The second-order valence-electron chi connectivity index (χ2n) is 1.24. The summed E-state index contributed by atoms with van der Waals surface area (Å²) < 4.78 is 0. The molecule has 9 heavy (non-hydrogen) atoms. The normalized spacial score (nSPS) is 7.89. The van der Waals surface area contributed by atoms with Crippen molar-refractivity contribution in [3.63, 3.8) is 0 Å². The second-order valence-corrected chi connectivity index (χ2v) is 2.08. The molecule has 0 fully saturated rings. The number of thiazole rings is 1. The Morgan fingerprint density at radius 3 is 2.22 bits per heavy atom. The van der Waals surface area contributed by atoms with Crippen molar-refractivity contribution in [3.05, 3.63) is 11.2 Å². The highest BCUT2D eigenvalue weighted by molar-refractivity contribution is 7.11. The molecule has 3 heteroatoms. The van der Waals surface area contributed by atoms with Gasteiger partial charge in [0.1, 0.15) is 0 Å². The molecule has 0 saturated heterocycles. The van der Waals surface area contributed by atoms with E-state index in [4.69, 9.17) is 5.11 Å². The van der Waals surface area contributed by atoms with Gasteiger partial charge >= 0.3 is 0 Å². The maximum Gasteiger partial charge on any atom is 0.194 e. The van der Waals surface area contributed by atoms with E-state index < -0.39 is 0 Å². The molecule has 0 aliphatic carbocycles. The van der Waals surface area contributed by atoms with Crippen molar-refractivity contribution in [1.29, 1.82) is 0 Å². The fraction of sp³-hybridized carbons (Fsp3) is 0.500. The summed E-state index contributed by atoms with van der Waals surface area (Å²) in [5, 5.41) is 9.03. The van der Waals surface area contributed by atoms with Crippen LogP contribution < -0.4 is 0 Å². The van der Waals surface area contributed by atoms with Gasteiger partial charge < -0.3 is 5.11 Å². The van der Waals surface area contributed by atoms with E-state index in [2.05, 4.69) is 4.98 Å². The maximum atomic E-state index is 8.72. The van der Waals surface area contributed by atoms with Crippen LogP contribution in [0.5, 0.6) is 5.06 Å². The highest BCUT2D eigenvalue weighted by Gasteiger charge is 1.92. The molecule has 0 atom stereocenters. The third-order valence-electron chi connectivity index (χ3n) is 0.720. The van der Waals surface area contributed by atoms with Gasteiger partial charge in [0.15, 0.2) is 5.06 Å². The Morgan fingerprint density at radius 1 is 1.56 bits per heavy atom. The number of nitrogens with zero attached hydrogens (tertiary/aromatic N) is 1. The topological polar surface area (TPSA) is 33.1 Å². The van der Waals surface area contributed by atoms with E-state index >= 15 is 0 Å². The second kappa shape index (κ2) is 4.32. The van der Waals surface area contributed by atoms with Crippen molar-refractivity contribution in [1.82, 2.24) is 4.98 Å². The number of aryl methyl sites for hydroxylation is 1. The fourth-order valence-corrected chi connectivity index (χ4v) is 0.830. The van der Waals surface area contributed by atoms with Gasteiger partial charge in [-0.25, -0.2) is 4.98 Å². The van der Waals surface area contributed by atoms with Crippen LogP contribution in [0.3, 0.4) is 0 Å². The SMILES string of the molecule is CC.Cc1ncsc1O. The molecule has 1 N–H and O–H groups in total. The van der Waals surface area contributed by atoms with Gasteiger partial charge in [-0.2, -0.15) is 0 Å². The molecule has 0 amide bonds. The van der Waals surface area contributed by atoms with Gasteiger partial charge in [-0.05, 0) is 6.92 Å². The number of aromatic nitrogens is 1. The molecule has 52 valence electrons. The first-order chi connectivity index (χ1) is 4.30. The van der Waals surface area contributed by atoms with Crippen LogP contribution in [-0.2, 0) is 0 Å². The standard InChI is InChI=1S/C4H5NOS.C2H6/c1-3-4(6)7-2-5-3;1-2/h2,6H,1H3;1-2H3. The van der Waals surface area contributed by atoms with Gasteiger partial charge in [-0.1, -0.05) is 25.2 Å². The minimum absolute atomic E-state index is 0.319. The van der Waals surface area contributed by atoms with Crippen molar-refractivity contribution in [2.75, 3.05) is 0 Å². The molecule has 0 spiro atoms. The molecule has 0 bridgehead atoms. The number of hydrogen-bond acceptors (Lipinski definition) is 3. The summed E-state index contributed by atoms with van der Waals surface area (Å²) in [7, 11) is 0. The Morgan fingerprint density at radius 2 is 2.11 bits per heavy atom. The van der Waals surface area contributed by atoms with Gasteiger partial charge in [0.05, 0.1) is 11.2 Å². The summed E-state index contributed by atoms with van der Waals surface area (Å²) in [6.07, 6.45) is 0. The minimum Gasteiger partial charge on any atom is -0.498 e. The smallest absolute Gasteiger partial charge is 0.194 e. The van der Waals surface area contributed by atoms with E-state index in [0.29, 0.717) is 10.8 Å². The first-order valence-corrected chi connectivity index (χ1v) is 3.77. The van der Waals surface area contributed by atoms with Gasteiger partial charge in [-0.3, -0.25) is 0 Å². The summed E-state index contributed by atoms with van der Waals surface area (Å²) in [6.45, 7) is 5.77. The van der Waals surface area contributed by atoms with Crippen molar-refractivity contribution in [3.8, 4) is 5.06 Å². The fourth-order valence-electron chi connectivity index (χ4n) is 0.296. The van der Waals surface area contributed by atoms with E-state index in [-0.39, 0.29) is 0 Å². The third kappa shape index (κ3) is 2.46. The summed E-state index contributed by atoms with van der Waals surface area (Å²) in [4.78, 5) is 3.78. The molecule has 0 aromatic carbocycles. The first kappa shape index (κ1) is 8.43. The van der Waals surface area contributed by atoms with E-state index in [1.54, 1.807) is 12.4 Å².